The molecule has 3 rings (SSSR count). The standard InChI is InChI=1S/C18H27NO/c1-14-7-9-18(13-20,10-8-14)19-12-15-3-2-4-17(11-15)16-5-6-16/h2-4,11,14,16,19-20H,5-10,12-13H2,1H3. The fourth-order valence-corrected chi connectivity index (χ4v) is 3.37. The minimum absolute atomic E-state index is 0.0396. The van der Waals surface area contributed by atoms with E-state index in [2.05, 4.69) is 36.5 Å². The Labute approximate surface area is 122 Å². The molecule has 110 valence electrons. The molecule has 20 heavy (non-hydrogen) atoms. The second-order valence-corrected chi connectivity index (χ2v) is 6.99. The van der Waals surface area contributed by atoms with E-state index in [0.29, 0.717) is 0 Å². The van der Waals surface area contributed by atoms with Gasteiger partial charge in [-0.15, -0.1) is 0 Å². The van der Waals surface area contributed by atoms with E-state index in [1.165, 1.54) is 36.8 Å². The lowest BCUT2D eigenvalue weighted by atomic mass is 9.77. The highest BCUT2D eigenvalue weighted by molar-refractivity contribution is 5.29. The number of aliphatic hydroxyl groups is 1. The van der Waals surface area contributed by atoms with Crippen molar-refractivity contribution in [2.45, 2.75) is 63.5 Å². The van der Waals surface area contributed by atoms with Gasteiger partial charge in [0, 0.05) is 12.1 Å². The minimum Gasteiger partial charge on any atom is -0.394 e. The molecule has 1 aromatic carbocycles. The van der Waals surface area contributed by atoms with E-state index in [4.69, 9.17) is 0 Å². The summed E-state index contributed by atoms with van der Waals surface area (Å²) in [4.78, 5) is 0. The third-order valence-electron chi connectivity index (χ3n) is 5.20. The zero-order chi connectivity index (χ0) is 14.0. The Morgan fingerprint density at radius 1 is 1.20 bits per heavy atom. The Morgan fingerprint density at radius 3 is 2.60 bits per heavy atom. The summed E-state index contributed by atoms with van der Waals surface area (Å²) in [5.41, 5.74) is 2.82. The molecule has 0 spiro atoms. The molecule has 0 atom stereocenters. The predicted octanol–water partition coefficient (Wildman–Crippen LogP) is 3.59. The molecule has 2 aliphatic carbocycles. The SMILES string of the molecule is CC1CCC(CO)(NCc2cccc(C3CC3)c2)CC1. The van der Waals surface area contributed by atoms with Crippen molar-refractivity contribution in [2.24, 2.45) is 5.92 Å². The van der Waals surface area contributed by atoms with Crippen molar-refractivity contribution in [1.29, 1.82) is 0 Å². The molecule has 0 saturated heterocycles. The molecule has 0 aromatic heterocycles. The summed E-state index contributed by atoms with van der Waals surface area (Å²) >= 11 is 0. The van der Waals surface area contributed by atoms with Gasteiger partial charge in [-0.2, -0.15) is 0 Å². The van der Waals surface area contributed by atoms with E-state index in [1.807, 2.05) is 0 Å². The van der Waals surface area contributed by atoms with Gasteiger partial charge in [0.15, 0.2) is 0 Å². The van der Waals surface area contributed by atoms with E-state index in [0.717, 1.165) is 31.2 Å². The van der Waals surface area contributed by atoms with Crippen molar-refractivity contribution < 1.29 is 5.11 Å². The van der Waals surface area contributed by atoms with Crippen LogP contribution in [0.3, 0.4) is 0 Å². The first kappa shape index (κ1) is 14.1. The normalized spacial score (nSPS) is 30.4. The highest BCUT2D eigenvalue weighted by atomic mass is 16.3. The quantitative estimate of drug-likeness (QED) is 0.859. The van der Waals surface area contributed by atoms with Crippen molar-refractivity contribution in [1.82, 2.24) is 5.32 Å². The first-order valence-corrected chi connectivity index (χ1v) is 8.15. The molecule has 2 N–H and O–H groups in total. The maximum atomic E-state index is 9.80. The van der Waals surface area contributed by atoms with Gasteiger partial charge < -0.3 is 10.4 Å². The zero-order valence-electron chi connectivity index (χ0n) is 12.6. The molecule has 2 nitrogen and oxygen atoms in total. The molecular weight excluding hydrogens is 246 g/mol. The number of nitrogens with one attached hydrogen (secondary N) is 1. The van der Waals surface area contributed by atoms with Crippen molar-refractivity contribution in [2.75, 3.05) is 6.61 Å². The molecule has 0 amide bonds. The molecule has 2 fully saturated rings. The van der Waals surface area contributed by atoms with Crippen LogP contribution in [-0.2, 0) is 6.54 Å². The van der Waals surface area contributed by atoms with Crippen molar-refractivity contribution >= 4 is 0 Å². The lowest BCUT2D eigenvalue weighted by Gasteiger charge is -2.39. The molecule has 0 radical (unpaired) electrons. The van der Waals surface area contributed by atoms with Gasteiger partial charge in [0.25, 0.3) is 0 Å². The van der Waals surface area contributed by atoms with Gasteiger partial charge in [-0.3, -0.25) is 0 Å². The van der Waals surface area contributed by atoms with E-state index in [9.17, 15) is 5.11 Å². The summed E-state index contributed by atoms with van der Waals surface area (Å²) in [5.74, 6) is 1.63. The van der Waals surface area contributed by atoms with Crippen LogP contribution >= 0.6 is 0 Å². The highest BCUT2D eigenvalue weighted by Gasteiger charge is 2.33. The van der Waals surface area contributed by atoms with Crippen LogP contribution in [0.25, 0.3) is 0 Å². The Bertz CT molecular complexity index is 444. The van der Waals surface area contributed by atoms with Gasteiger partial charge >= 0.3 is 0 Å². The fourth-order valence-electron chi connectivity index (χ4n) is 3.37. The van der Waals surface area contributed by atoms with E-state index in [1.54, 1.807) is 0 Å². The van der Waals surface area contributed by atoms with Gasteiger partial charge in [0.1, 0.15) is 0 Å². The first-order chi connectivity index (χ1) is 9.71. The van der Waals surface area contributed by atoms with Gasteiger partial charge in [-0.05, 0) is 61.5 Å². The molecule has 2 aliphatic rings. The molecule has 0 heterocycles. The second kappa shape index (κ2) is 5.87. The third-order valence-corrected chi connectivity index (χ3v) is 5.20. The van der Waals surface area contributed by atoms with Crippen LogP contribution in [0.2, 0.25) is 0 Å². The van der Waals surface area contributed by atoms with Gasteiger partial charge in [-0.25, -0.2) is 0 Å². The Balaban J connectivity index is 1.61. The maximum absolute atomic E-state index is 9.80. The average molecular weight is 273 g/mol. The number of aliphatic hydroxyl groups excluding tert-OH is 1. The Hall–Kier alpha value is -0.860. The third kappa shape index (κ3) is 3.24. The van der Waals surface area contributed by atoms with Gasteiger partial charge in [0.2, 0.25) is 0 Å². The average Bonchev–Trinajstić information content (AvgIpc) is 3.32. The summed E-state index contributed by atoms with van der Waals surface area (Å²) in [6, 6.07) is 8.99. The second-order valence-electron chi connectivity index (χ2n) is 6.99. The topological polar surface area (TPSA) is 32.3 Å². The first-order valence-electron chi connectivity index (χ1n) is 8.15. The lowest BCUT2D eigenvalue weighted by Crippen LogP contribution is -2.50. The fraction of sp³-hybridized carbons (Fsp3) is 0.667. The van der Waals surface area contributed by atoms with Crippen LogP contribution in [-0.4, -0.2) is 17.3 Å². The Morgan fingerprint density at radius 2 is 1.95 bits per heavy atom. The number of hydrogen-bond donors (Lipinski definition) is 2. The summed E-state index contributed by atoms with van der Waals surface area (Å²) < 4.78 is 0. The van der Waals surface area contributed by atoms with Crippen LogP contribution < -0.4 is 5.32 Å². The smallest absolute Gasteiger partial charge is 0.0613 e. The van der Waals surface area contributed by atoms with E-state index >= 15 is 0 Å². The van der Waals surface area contributed by atoms with Crippen molar-refractivity contribution in [3.8, 4) is 0 Å². The lowest BCUT2D eigenvalue weighted by molar-refractivity contribution is 0.104. The molecule has 1 aromatic rings. The van der Waals surface area contributed by atoms with Crippen molar-refractivity contribution in [3.05, 3.63) is 35.4 Å². The van der Waals surface area contributed by atoms with Crippen molar-refractivity contribution in [3.63, 3.8) is 0 Å². The van der Waals surface area contributed by atoms with Gasteiger partial charge in [-0.1, -0.05) is 31.2 Å². The monoisotopic (exact) mass is 273 g/mol. The molecule has 0 unspecified atom stereocenters. The molecule has 2 heteroatoms. The van der Waals surface area contributed by atoms with Crippen LogP contribution in [0.15, 0.2) is 24.3 Å². The van der Waals surface area contributed by atoms with Crippen LogP contribution in [0, 0.1) is 5.92 Å². The maximum Gasteiger partial charge on any atom is 0.0613 e. The number of rotatable bonds is 5. The summed E-state index contributed by atoms with van der Waals surface area (Å²) in [7, 11) is 0. The molecule has 0 bridgehead atoms. The van der Waals surface area contributed by atoms with Crippen LogP contribution in [0.1, 0.15) is 62.5 Å². The highest BCUT2D eigenvalue weighted by Crippen LogP contribution is 2.40. The minimum atomic E-state index is -0.0396. The number of hydrogen-bond acceptors (Lipinski definition) is 2. The van der Waals surface area contributed by atoms with Gasteiger partial charge in [0.05, 0.1) is 6.61 Å². The predicted molar refractivity (Wildman–Crippen MR) is 82.7 cm³/mol. The molecule has 2 saturated carbocycles. The zero-order valence-corrected chi connectivity index (χ0v) is 12.6. The molecular formula is C18H27NO. The van der Waals surface area contributed by atoms with E-state index < -0.39 is 0 Å². The largest absolute Gasteiger partial charge is 0.394 e. The number of benzene rings is 1. The van der Waals surface area contributed by atoms with Crippen LogP contribution in [0.5, 0.6) is 0 Å². The van der Waals surface area contributed by atoms with E-state index in [-0.39, 0.29) is 12.1 Å². The Kier molecular flexibility index (Phi) is 4.13. The summed E-state index contributed by atoms with van der Waals surface area (Å²) in [6.07, 6.45) is 7.38. The summed E-state index contributed by atoms with van der Waals surface area (Å²) in [6.45, 7) is 3.47. The molecule has 0 aliphatic heterocycles. The summed E-state index contributed by atoms with van der Waals surface area (Å²) in [5, 5.41) is 13.5. The van der Waals surface area contributed by atoms with Crippen LogP contribution in [0.4, 0.5) is 0 Å².